The first-order chi connectivity index (χ1) is 8.27. The number of aliphatic imine (C=N–C) groups is 1. The van der Waals surface area contributed by atoms with Gasteiger partial charge in [0.2, 0.25) is 0 Å². The lowest BCUT2D eigenvalue weighted by atomic mass is 9.96. The fourth-order valence-electron chi connectivity index (χ4n) is 2.22. The molecule has 1 aliphatic carbocycles. The molecule has 0 heterocycles. The first kappa shape index (κ1) is 11.8. The predicted molar refractivity (Wildman–Crippen MR) is 67.9 cm³/mol. The molecule has 1 N–H and O–H groups in total. The van der Waals surface area contributed by atoms with Crippen LogP contribution in [0, 0.1) is 0 Å². The minimum Gasteiger partial charge on any atom is -0.478 e. The smallest absolute Gasteiger partial charge is 0.336 e. The number of carboxylic acid groups (broad SMARTS) is 1. The molecule has 0 radical (unpaired) electrons. The van der Waals surface area contributed by atoms with E-state index in [1.807, 2.05) is 6.07 Å². The molecule has 0 unspecified atom stereocenters. The van der Waals surface area contributed by atoms with Crippen LogP contribution in [0.2, 0.25) is 0 Å². The van der Waals surface area contributed by atoms with Crippen LogP contribution < -0.4 is 0 Å². The van der Waals surface area contributed by atoms with Gasteiger partial charge in [-0.05, 0) is 18.9 Å². The highest BCUT2D eigenvalue weighted by Crippen LogP contribution is 2.20. The minimum atomic E-state index is -0.893. The van der Waals surface area contributed by atoms with E-state index in [4.69, 9.17) is 5.11 Å². The van der Waals surface area contributed by atoms with Crippen LogP contribution in [0.15, 0.2) is 29.3 Å². The summed E-state index contributed by atoms with van der Waals surface area (Å²) in [6.07, 6.45) is 7.76. The summed E-state index contributed by atoms with van der Waals surface area (Å²) in [5.74, 6) is -0.893. The summed E-state index contributed by atoms with van der Waals surface area (Å²) >= 11 is 0. The topological polar surface area (TPSA) is 49.7 Å². The molecule has 0 saturated heterocycles. The minimum absolute atomic E-state index is 0.326. The van der Waals surface area contributed by atoms with E-state index in [1.54, 1.807) is 24.4 Å². The molecule has 1 aromatic rings. The average molecular weight is 231 g/mol. The molecule has 1 aliphatic rings. The van der Waals surface area contributed by atoms with Crippen molar-refractivity contribution in [2.24, 2.45) is 4.99 Å². The van der Waals surface area contributed by atoms with Crippen LogP contribution in [0.3, 0.4) is 0 Å². The van der Waals surface area contributed by atoms with Crippen molar-refractivity contribution in [2.75, 3.05) is 0 Å². The van der Waals surface area contributed by atoms with Crippen molar-refractivity contribution in [2.45, 2.75) is 38.1 Å². The molecule has 1 saturated carbocycles. The van der Waals surface area contributed by atoms with Gasteiger partial charge >= 0.3 is 5.97 Å². The van der Waals surface area contributed by atoms with Gasteiger partial charge in [-0.1, -0.05) is 37.5 Å². The third-order valence-electron chi connectivity index (χ3n) is 3.19. The third-order valence-corrected chi connectivity index (χ3v) is 3.19. The predicted octanol–water partition coefficient (Wildman–Crippen LogP) is 3.14. The van der Waals surface area contributed by atoms with E-state index in [0.29, 0.717) is 17.2 Å². The maximum atomic E-state index is 11.0. The largest absolute Gasteiger partial charge is 0.478 e. The van der Waals surface area contributed by atoms with E-state index in [0.717, 1.165) is 12.8 Å². The Bertz CT molecular complexity index is 420. The van der Waals surface area contributed by atoms with E-state index in [9.17, 15) is 4.79 Å². The Morgan fingerprint density at radius 1 is 1.24 bits per heavy atom. The Balaban J connectivity index is 2.11. The molecule has 0 bridgehead atoms. The molecule has 1 fully saturated rings. The summed E-state index contributed by atoms with van der Waals surface area (Å²) in [6, 6.07) is 7.38. The zero-order valence-corrected chi connectivity index (χ0v) is 9.80. The van der Waals surface area contributed by atoms with Crippen LogP contribution in [0.4, 0.5) is 0 Å². The van der Waals surface area contributed by atoms with Gasteiger partial charge in [0, 0.05) is 17.8 Å². The molecule has 3 nitrogen and oxygen atoms in total. The summed E-state index contributed by atoms with van der Waals surface area (Å²) in [5.41, 5.74) is 1.03. The van der Waals surface area contributed by atoms with Crippen LogP contribution >= 0.6 is 0 Å². The summed E-state index contributed by atoms with van der Waals surface area (Å²) in [5, 5.41) is 9.04. The second-order valence-electron chi connectivity index (χ2n) is 4.46. The summed E-state index contributed by atoms with van der Waals surface area (Å²) < 4.78 is 0. The molecular formula is C14H17NO2. The van der Waals surface area contributed by atoms with Crippen molar-refractivity contribution in [3.05, 3.63) is 35.4 Å². The number of aromatic carboxylic acids is 1. The Morgan fingerprint density at radius 2 is 1.94 bits per heavy atom. The standard InChI is InChI=1S/C14H17NO2/c16-14(17)13-9-5-4-6-11(13)10-15-12-7-2-1-3-8-12/h4-6,9-10,12H,1-3,7-8H2,(H,16,17). The van der Waals surface area contributed by atoms with E-state index in [2.05, 4.69) is 4.99 Å². The number of nitrogens with zero attached hydrogens (tertiary/aromatic N) is 1. The molecule has 0 spiro atoms. The van der Waals surface area contributed by atoms with E-state index >= 15 is 0 Å². The van der Waals surface area contributed by atoms with Gasteiger partial charge in [-0.3, -0.25) is 4.99 Å². The van der Waals surface area contributed by atoms with Crippen molar-refractivity contribution in [3.8, 4) is 0 Å². The molecule has 2 rings (SSSR count). The first-order valence-corrected chi connectivity index (χ1v) is 6.13. The van der Waals surface area contributed by atoms with Gasteiger partial charge in [-0.25, -0.2) is 4.79 Å². The molecule has 0 aliphatic heterocycles. The van der Waals surface area contributed by atoms with Gasteiger partial charge < -0.3 is 5.11 Å². The van der Waals surface area contributed by atoms with Gasteiger partial charge in [-0.15, -0.1) is 0 Å². The summed E-state index contributed by atoms with van der Waals surface area (Å²) in [6.45, 7) is 0. The zero-order valence-electron chi connectivity index (χ0n) is 9.80. The quantitative estimate of drug-likeness (QED) is 0.812. The van der Waals surface area contributed by atoms with Crippen molar-refractivity contribution in [3.63, 3.8) is 0 Å². The van der Waals surface area contributed by atoms with Crippen LogP contribution in [0.5, 0.6) is 0 Å². The zero-order chi connectivity index (χ0) is 12.1. The lowest BCUT2D eigenvalue weighted by Crippen LogP contribution is -2.10. The van der Waals surface area contributed by atoms with Gasteiger partial charge in [0.15, 0.2) is 0 Å². The highest BCUT2D eigenvalue weighted by atomic mass is 16.4. The number of hydrogen-bond acceptors (Lipinski definition) is 2. The normalized spacial score (nSPS) is 17.4. The number of rotatable bonds is 3. The molecule has 0 aromatic heterocycles. The van der Waals surface area contributed by atoms with E-state index < -0.39 is 5.97 Å². The van der Waals surface area contributed by atoms with Crippen molar-refractivity contribution in [1.29, 1.82) is 0 Å². The Labute approximate surface area is 101 Å². The monoisotopic (exact) mass is 231 g/mol. The fraction of sp³-hybridized carbons (Fsp3) is 0.429. The van der Waals surface area contributed by atoms with Gasteiger partial charge in [-0.2, -0.15) is 0 Å². The molecule has 17 heavy (non-hydrogen) atoms. The van der Waals surface area contributed by atoms with E-state index in [-0.39, 0.29) is 0 Å². The molecule has 1 aromatic carbocycles. The van der Waals surface area contributed by atoms with Gasteiger partial charge in [0.1, 0.15) is 0 Å². The molecular weight excluding hydrogens is 214 g/mol. The van der Waals surface area contributed by atoms with Crippen LogP contribution in [-0.4, -0.2) is 23.3 Å². The fourth-order valence-corrected chi connectivity index (χ4v) is 2.22. The second kappa shape index (κ2) is 5.62. The Kier molecular flexibility index (Phi) is 3.91. The number of benzene rings is 1. The molecule has 90 valence electrons. The maximum Gasteiger partial charge on any atom is 0.336 e. The van der Waals surface area contributed by atoms with Gasteiger partial charge in [0.05, 0.1) is 5.56 Å². The lowest BCUT2D eigenvalue weighted by molar-refractivity contribution is 0.0697. The number of carbonyl (C=O) groups is 1. The Morgan fingerprint density at radius 3 is 2.65 bits per heavy atom. The number of hydrogen-bond donors (Lipinski definition) is 1. The Hall–Kier alpha value is -1.64. The third kappa shape index (κ3) is 3.16. The second-order valence-corrected chi connectivity index (χ2v) is 4.46. The molecule has 0 atom stereocenters. The van der Waals surface area contributed by atoms with Crippen LogP contribution in [-0.2, 0) is 0 Å². The highest BCUT2D eigenvalue weighted by molar-refractivity contribution is 5.98. The van der Waals surface area contributed by atoms with Crippen molar-refractivity contribution >= 4 is 12.2 Å². The first-order valence-electron chi connectivity index (χ1n) is 6.13. The van der Waals surface area contributed by atoms with E-state index in [1.165, 1.54) is 19.3 Å². The highest BCUT2D eigenvalue weighted by Gasteiger charge is 2.12. The van der Waals surface area contributed by atoms with Crippen LogP contribution in [0.25, 0.3) is 0 Å². The molecule has 3 heteroatoms. The maximum absolute atomic E-state index is 11.0. The SMILES string of the molecule is O=C(O)c1ccccc1C=NC1CCCCC1. The van der Waals surface area contributed by atoms with Crippen LogP contribution in [0.1, 0.15) is 48.0 Å². The summed E-state index contributed by atoms with van der Waals surface area (Å²) in [4.78, 5) is 15.5. The lowest BCUT2D eigenvalue weighted by Gasteiger charge is -2.17. The van der Waals surface area contributed by atoms with Gasteiger partial charge in [0.25, 0.3) is 0 Å². The summed E-state index contributed by atoms with van der Waals surface area (Å²) in [7, 11) is 0. The average Bonchev–Trinajstić information content (AvgIpc) is 2.38. The van der Waals surface area contributed by atoms with Crippen molar-refractivity contribution in [1.82, 2.24) is 0 Å². The van der Waals surface area contributed by atoms with Crippen molar-refractivity contribution < 1.29 is 9.90 Å². The number of carboxylic acids is 1. The molecule has 0 amide bonds.